The number of carbonyl (C=O) groups is 1. The lowest BCUT2D eigenvalue weighted by Gasteiger charge is -2.27. The van der Waals surface area contributed by atoms with Crippen LogP contribution in [0.4, 0.5) is 0 Å². The minimum atomic E-state index is -0.0890. The molecule has 0 bridgehead atoms. The van der Waals surface area contributed by atoms with Gasteiger partial charge in [-0.3, -0.25) is 4.79 Å². The summed E-state index contributed by atoms with van der Waals surface area (Å²) in [7, 11) is 0. The molecule has 1 fully saturated rings. The predicted octanol–water partition coefficient (Wildman–Crippen LogP) is 8.89. The summed E-state index contributed by atoms with van der Waals surface area (Å²) < 4.78 is 5.70. The Morgan fingerprint density at radius 2 is 1.56 bits per heavy atom. The summed E-state index contributed by atoms with van der Waals surface area (Å²) in [5.41, 5.74) is 2.14. The Morgan fingerprint density at radius 3 is 2.19 bits per heavy atom. The summed E-state index contributed by atoms with van der Waals surface area (Å²) in [6, 6.07) is 7.58. The van der Waals surface area contributed by atoms with E-state index in [2.05, 4.69) is 23.5 Å². The standard InChI is InChI=1S/C32H46N2O2/c1-3-5-7-8-9-10-11-13-15-27-24-33-31(34-25-27)28-20-22-30(23-21-28)36-32(35)29-18-16-26(17-19-29)14-12-6-4-2/h4,20-26,29H,2-3,5-19H2,1H3/t26-,29-. The zero-order valence-electron chi connectivity index (χ0n) is 22.4. The molecule has 3 rings (SSSR count). The number of ether oxygens (including phenoxy) is 1. The Kier molecular flexibility index (Phi) is 12.7. The van der Waals surface area contributed by atoms with Crippen LogP contribution < -0.4 is 4.74 Å². The van der Waals surface area contributed by atoms with Gasteiger partial charge in [0.15, 0.2) is 5.82 Å². The van der Waals surface area contributed by atoms with E-state index in [0.717, 1.165) is 50.0 Å². The fourth-order valence-electron chi connectivity index (χ4n) is 5.21. The van der Waals surface area contributed by atoms with E-state index in [1.54, 1.807) is 0 Å². The molecule has 0 unspecified atom stereocenters. The average Bonchev–Trinajstić information content (AvgIpc) is 2.91. The topological polar surface area (TPSA) is 52.1 Å². The zero-order chi connectivity index (χ0) is 25.4. The highest BCUT2D eigenvalue weighted by atomic mass is 16.5. The Balaban J connectivity index is 1.37. The largest absolute Gasteiger partial charge is 0.426 e. The molecule has 0 amide bonds. The van der Waals surface area contributed by atoms with Crippen LogP contribution in [0, 0.1) is 11.8 Å². The number of esters is 1. The molecule has 1 aliphatic carbocycles. The van der Waals surface area contributed by atoms with Crippen LogP contribution in [0.3, 0.4) is 0 Å². The van der Waals surface area contributed by atoms with Gasteiger partial charge in [0.25, 0.3) is 0 Å². The summed E-state index contributed by atoms with van der Waals surface area (Å²) in [6.07, 6.45) is 25.2. The first-order valence-electron chi connectivity index (χ1n) is 14.4. The Labute approximate surface area is 219 Å². The lowest BCUT2D eigenvalue weighted by atomic mass is 9.80. The molecular formula is C32H46N2O2. The summed E-state index contributed by atoms with van der Waals surface area (Å²) >= 11 is 0. The molecule has 196 valence electrons. The molecule has 0 atom stereocenters. The van der Waals surface area contributed by atoms with Crippen LogP contribution in [0.2, 0.25) is 0 Å². The number of aryl methyl sites for hydroxylation is 1. The molecule has 0 N–H and O–H groups in total. The maximum absolute atomic E-state index is 12.7. The van der Waals surface area contributed by atoms with E-state index in [-0.39, 0.29) is 11.9 Å². The van der Waals surface area contributed by atoms with Crippen molar-refractivity contribution in [3.05, 3.63) is 54.9 Å². The molecular weight excluding hydrogens is 444 g/mol. The molecule has 1 aliphatic rings. The van der Waals surface area contributed by atoms with Gasteiger partial charge in [0, 0.05) is 18.0 Å². The molecule has 1 aromatic heterocycles. The molecule has 0 aliphatic heterocycles. The molecule has 1 aromatic carbocycles. The Bertz CT molecular complexity index is 883. The third-order valence-corrected chi connectivity index (χ3v) is 7.56. The minimum absolute atomic E-state index is 0.0252. The second-order valence-electron chi connectivity index (χ2n) is 10.5. The fourth-order valence-corrected chi connectivity index (χ4v) is 5.21. The Hall–Kier alpha value is -2.49. The van der Waals surface area contributed by atoms with Crippen LogP contribution in [0.25, 0.3) is 11.4 Å². The lowest BCUT2D eigenvalue weighted by Crippen LogP contribution is -2.25. The van der Waals surface area contributed by atoms with Gasteiger partial charge in [-0.25, -0.2) is 9.97 Å². The SMILES string of the molecule is C=CCCC[C@H]1CC[C@H](C(=O)Oc2ccc(-c3ncc(CCCCCCCCCC)cn3)cc2)CC1. The summed E-state index contributed by atoms with van der Waals surface area (Å²) in [5, 5.41) is 0. The van der Waals surface area contributed by atoms with Gasteiger partial charge < -0.3 is 4.74 Å². The number of allylic oxidation sites excluding steroid dienone is 1. The van der Waals surface area contributed by atoms with Gasteiger partial charge in [0.05, 0.1) is 5.92 Å². The highest BCUT2D eigenvalue weighted by Gasteiger charge is 2.27. The van der Waals surface area contributed by atoms with E-state index in [4.69, 9.17) is 4.74 Å². The zero-order valence-corrected chi connectivity index (χ0v) is 22.4. The molecule has 0 saturated heterocycles. The highest BCUT2D eigenvalue weighted by molar-refractivity contribution is 5.75. The molecule has 36 heavy (non-hydrogen) atoms. The number of nitrogens with zero attached hydrogens (tertiary/aromatic N) is 2. The summed E-state index contributed by atoms with van der Waals surface area (Å²) in [5.74, 6) is 2.00. The Morgan fingerprint density at radius 1 is 0.917 bits per heavy atom. The second-order valence-corrected chi connectivity index (χ2v) is 10.5. The number of hydrogen-bond acceptors (Lipinski definition) is 4. The van der Waals surface area contributed by atoms with Gasteiger partial charge in [-0.1, -0.05) is 64.4 Å². The van der Waals surface area contributed by atoms with Crippen molar-refractivity contribution < 1.29 is 9.53 Å². The van der Waals surface area contributed by atoms with Crippen molar-refractivity contribution >= 4 is 5.97 Å². The lowest BCUT2D eigenvalue weighted by molar-refractivity contribution is -0.140. The fraction of sp³-hybridized carbons (Fsp3) is 0.594. The van der Waals surface area contributed by atoms with Crippen molar-refractivity contribution in [2.24, 2.45) is 11.8 Å². The van der Waals surface area contributed by atoms with E-state index in [9.17, 15) is 4.79 Å². The smallest absolute Gasteiger partial charge is 0.314 e. The monoisotopic (exact) mass is 490 g/mol. The van der Waals surface area contributed by atoms with Gasteiger partial charge >= 0.3 is 5.97 Å². The molecule has 4 heteroatoms. The van der Waals surface area contributed by atoms with Gasteiger partial charge in [-0.05, 0) is 87.1 Å². The van der Waals surface area contributed by atoms with Crippen molar-refractivity contribution in [1.82, 2.24) is 9.97 Å². The van der Waals surface area contributed by atoms with E-state index in [1.165, 1.54) is 69.8 Å². The molecule has 1 saturated carbocycles. The first-order valence-corrected chi connectivity index (χ1v) is 14.4. The third-order valence-electron chi connectivity index (χ3n) is 7.56. The van der Waals surface area contributed by atoms with Gasteiger partial charge in [0.2, 0.25) is 0 Å². The van der Waals surface area contributed by atoms with E-state index >= 15 is 0 Å². The number of aromatic nitrogens is 2. The molecule has 2 aromatic rings. The average molecular weight is 491 g/mol. The van der Waals surface area contributed by atoms with Crippen LogP contribution in [0.5, 0.6) is 5.75 Å². The van der Waals surface area contributed by atoms with Crippen LogP contribution in [0.1, 0.15) is 109 Å². The van der Waals surface area contributed by atoms with Gasteiger partial charge in [-0.2, -0.15) is 0 Å². The normalized spacial score (nSPS) is 17.6. The van der Waals surface area contributed by atoms with Crippen molar-refractivity contribution in [2.45, 2.75) is 110 Å². The van der Waals surface area contributed by atoms with Crippen LogP contribution in [0.15, 0.2) is 49.3 Å². The van der Waals surface area contributed by atoms with E-state index in [0.29, 0.717) is 11.6 Å². The first kappa shape index (κ1) is 28.1. The second kappa shape index (κ2) is 16.3. The number of unbranched alkanes of at least 4 members (excludes halogenated alkanes) is 8. The quantitative estimate of drug-likeness (QED) is 0.102. The maximum atomic E-state index is 12.7. The number of rotatable bonds is 16. The summed E-state index contributed by atoms with van der Waals surface area (Å²) in [6.45, 7) is 6.06. The third kappa shape index (κ3) is 9.87. The predicted molar refractivity (Wildman–Crippen MR) is 149 cm³/mol. The maximum Gasteiger partial charge on any atom is 0.314 e. The van der Waals surface area contributed by atoms with E-state index in [1.807, 2.05) is 42.7 Å². The highest BCUT2D eigenvalue weighted by Crippen LogP contribution is 2.33. The molecule has 0 radical (unpaired) electrons. The molecule has 0 spiro atoms. The minimum Gasteiger partial charge on any atom is -0.426 e. The first-order chi connectivity index (χ1) is 17.7. The number of carbonyl (C=O) groups excluding carboxylic acids is 1. The molecule has 1 heterocycles. The van der Waals surface area contributed by atoms with Crippen LogP contribution >= 0.6 is 0 Å². The van der Waals surface area contributed by atoms with Crippen molar-refractivity contribution in [3.63, 3.8) is 0 Å². The van der Waals surface area contributed by atoms with Crippen LogP contribution in [-0.4, -0.2) is 15.9 Å². The van der Waals surface area contributed by atoms with Crippen molar-refractivity contribution in [1.29, 1.82) is 0 Å². The number of benzene rings is 1. The van der Waals surface area contributed by atoms with Gasteiger partial charge in [0.1, 0.15) is 5.75 Å². The van der Waals surface area contributed by atoms with Crippen molar-refractivity contribution in [3.8, 4) is 17.1 Å². The van der Waals surface area contributed by atoms with Crippen molar-refractivity contribution in [2.75, 3.05) is 0 Å². The van der Waals surface area contributed by atoms with Gasteiger partial charge in [-0.15, -0.1) is 6.58 Å². The number of hydrogen-bond donors (Lipinski definition) is 0. The summed E-state index contributed by atoms with van der Waals surface area (Å²) in [4.78, 5) is 21.8. The van der Waals surface area contributed by atoms with Crippen LogP contribution in [-0.2, 0) is 11.2 Å². The molecule has 4 nitrogen and oxygen atoms in total. The van der Waals surface area contributed by atoms with E-state index < -0.39 is 0 Å².